The Morgan fingerprint density at radius 2 is 1.94 bits per heavy atom. The highest BCUT2D eigenvalue weighted by Crippen LogP contribution is 2.55. The number of carbonyl (C=O) groups excluding carboxylic acids is 3. The van der Waals surface area contributed by atoms with E-state index in [1.54, 1.807) is 4.90 Å². The third kappa shape index (κ3) is 4.14. The summed E-state index contributed by atoms with van der Waals surface area (Å²) in [4.78, 5) is 47.6. The van der Waals surface area contributed by atoms with E-state index in [-0.39, 0.29) is 23.3 Å². The third-order valence-corrected chi connectivity index (χ3v) is 7.54. The maximum absolute atomic E-state index is 13.2. The number of amides is 1. The number of amidine groups is 1. The van der Waals surface area contributed by atoms with Gasteiger partial charge in [-0.05, 0) is 73.0 Å². The number of hydrogen-bond donors (Lipinski definition) is 0. The van der Waals surface area contributed by atoms with Crippen molar-refractivity contribution < 1.29 is 28.6 Å². The van der Waals surface area contributed by atoms with Crippen LogP contribution in [-0.2, 0) is 34.0 Å². The number of rotatable bonds is 7. The summed E-state index contributed by atoms with van der Waals surface area (Å²) in [6, 6.07) is 5.51. The van der Waals surface area contributed by atoms with E-state index in [4.69, 9.17) is 19.2 Å². The van der Waals surface area contributed by atoms with E-state index in [0.717, 1.165) is 14.8 Å². The van der Waals surface area contributed by atoms with Crippen molar-refractivity contribution in [1.29, 1.82) is 0 Å². The van der Waals surface area contributed by atoms with E-state index in [2.05, 4.69) is 28.7 Å². The molecule has 35 heavy (non-hydrogen) atoms. The molecule has 1 aromatic carbocycles. The molecule has 10 heteroatoms. The smallest absolute Gasteiger partial charge is 0.357 e. The first kappa shape index (κ1) is 25.6. The van der Waals surface area contributed by atoms with Gasteiger partial charge >= 0.3 is 11.9 Å². The molecule has 2 atom stereocenters. The number of piperidine rings is 1. The van der Waals surface area contributed by atoms with E-state index in [9.17, 15) is 14.4 Å². The zero-order valence-corrected chi connectivity index (χ0v) is 22.7. The van der Waals surface area contributed by atoms with E-state index < -0.39 is 23.4 Å². The van der Waals surface area contributed by atoms with Gasteiger partial charge in [0.2, 0.25) is 5.91 Å². The van der Waals surface area contributed by atoms with Gasteiger partial charge in [-0.15, -0.1) is 0 Å². The summed E-state index contributed by atoms with van der Waals surface area (Å²) >= 11 is 2.26. The number of esters is 2. The van der Waals surface area contributed by atoms with Crippen LogP contribution in [0, 0.1) is 3.57 Å². The fourth-order valence-corrected chi connectivity index (χ4v) is 5.94. The molecule has 1 saturated heterocycles. The normalized spacial score (nSPS) is 23.1. The SMILES string of the molecule is COC(=O)C1=C(C(=O)OC)C2N(C)c3ccc(I)cc3[C@@]23CCC(=O)N(CCCOC(C)C)C3=N1. The maximum Gasteiger partial charge on any atom is 0.357 e. The Balaban J connectivity index is 1.93. The highest BCUT2D eigenvalue weighted by Gasteiger charge is 2.62. The van der Waals surface area contributed by atoms with Crippen LogP contribution in [0.25, 0.3) is 0 Å². The van der Waals surface area contributed by atoms with Gasteiger partial charge < -0.3 is 19.1 Å². The average Bonchev–Trinajstić information content (AvgIpc) is 3.08. The van der Waals surface area contributed by atoms with Crippen LogP contribution >= 0.6 is 22.6 Å². The first-order chi connectivity index (χ1) is 16.7. The van der Waals surface area contributed by atoms with Gasteiger partial charge in [0.15, 0.2) is 5.70 Å². The number of aliphatic imine (C=N–C) groups is 1. The highest BCUT2D eigenvalue weighted by molar-refractivity contribution is 14.1. The molecule has 3 aliphatic rings. The first-order valence-electron chi connectivity index (χ1n) is 11.6. The maximum atomic E-state index is 13.2. The molecule has 0 radical (unpaired) electrons. The number of nitrogens with zero attached hydrogens (tertiary/aromatic N) is 3. The molecule has 1 amide bonds. The minimum atomic E-state index is -0.793. The predicted octanol–water partition coefficient (Wildman–Crippen LogP) is 2.80. The van der Waals surface area contributed by atoms with Crippen molar-refractivity contribution in [2.75, 3.05) is 39.3 Å². The van der Waals surface area contributed by atoms with Crippen LogP contribution in [0.4, 0.5) is 5.69 Å². The van der Waals surface area contributed by atoms with Crippen LogP contribution in [0.15, 0.2) is 34.5 Å². The molecule has 0 N–H and O–H groups in total. The minimum absolute atomic E-state index is 0.0647. The summed E-state index contributed by atoms with van der Waals surface area (Å²) < 4.78 is 16.8. The van der Waals surface area contributed by atoms with Gasteiger partial charge in [0.05, 0.1) is 37.4 Å². The van der Waals surface area contributed by atoms with Crippen molar-refractivity contribution >= 4 is 52.0 Å². The minimum Gasteiger partial charge on any atom is -0.466 e. The third-order valence-electron chi connectivity index (χ3n) is 6.87. The van der Waals surface area contributed by atoms with Crippen LogP contribution in [0.1, 0.15) is 38.7 Å². The summed E-state index contributed by atoms with van der Waals surface area (Å²) in [6.45, 7) is 4.81. The molecule has 3 aliphatic heterocycles. The standard InChI is InChI=1S/C25H30IN3O6/c1-14(2)35-12-6-11-29-18(30)9-10-25-16-13-15(26)7-8-17(16)28(3)21(25)19(22(31)33-4)20(23(32)34-5)27-24(25)29/h7-8,13-14,21H,6,9-12H2,1-5H3/t21?,25-/m0/s1. The molecule has 3 heterocycles. The lowest BCUT2D eigenvalue weighted by molar-refractivity contribution is -0.140. The molecule has 1 fully saturated rings. The van der Waals surface area contributed by atoms with Gasteiger partial charge in [-0.25, -0.2) is 14.6 Å². The summed E-state index contributed by atoms with van der Waals surface area (Å²) in [6.07, 6.45) is 1.45. The number of fused-ring (bicyclic) bond motifs is 1. The number of ether oxygens (including phenoxy) is 3. The number of benzene rings is 1. The number of likely N-dealkylation sites (N-methyl/N-ethyl adjacent to an activating group) is 1. The predicted molar refractivity (Wildman–Crippen MR) is 138 cm³/mol. The second-order valence-electron chi connectivity index (χ2n) is 9.15. The summed E-state index contributed by atoms with van der Waals surface area (Å²) in [5, 5.41) is 0. The zero-order chi connectivity index (χ0) is 25.5. The monoisotopic (exact) mass is 595 g/mol. The number of likely N-dealkylation sites (tertiary alicyclic amines) is 1. The van der Waals surface area contributed by atoms with Crippen molar-refractivity contribution in [2.24, 2.45) is 4.99 Å². The second kappa shape index (κ2) is 9.88. The van der Waals surface area contributed by atoms with Crippen LogP contribution in [0.5, 0.6) is 0 Å². The van der Waals surface area contributed by atoms with E-state index in [1.807, 2.05) is 37.9 Å². The van der Waals surface area contributed by atoms with E-state index in [1.165, 1.54) is 14.2 Å². The average molecular weight is 595 g/mol. The van der Waals surface area contributed by atoms with E-state index in [0.29, 0.717) is 38.2 Å². The summed E-state index contributed by atoms with van der Waals surface area (Å²) in [5.74, 6) is -0.971. The summed E-state index contributed by atoms with van der Waals surface area (Å²) in [5.41, 5.74) is 1.14. The Kier molecular flexibility index (Phi) is 7.23. The molecule has 9 nitrogen and oxygen atoms in total. The van der Waals surface area contributed by atoms with Gasteiger partial charge in [-0.3, -0.25) is 9.69 Å². The molecular weight excluding hydrogens is 565 g/mol. The number of hydrogen-bond acceptors (Lipinski definition) is 8. The van der Waals surface area contributed by atoms with Gasteiger partial charge in [-0.2, -0.15) is 0 Å². The Bertz CT molecular complexity index is 1130. The lowest BCUT2D eigenvalue weighted by Crippen LogP contribution is -2.62. The van der Waals surface area contributed by atoms with Crippen molar-refractivity contribution in [2.45, 2.75) is 50.7 Å². The molecule has 1 spiro atoms. The molecule has 0 aromatic heterocycles. The van der Waals surface area contributed by atoms with Gasteiger partial charge in [-0.1, -0.05) is 0 Å². The molecule has 0 aliphatic carbocycles. The Labute approximate surface area is 218 Å². The lowest BCUT2D eigenvalue weighted by Gasteiger charge is -2.48. The highest BCUT2D eigenvalue weighted by atomic mass is 127. The van der Waals surface area contributed by atoms with Crippen LogP contribution in [0.2, 0.25) is 0 Å². The molecule has 1 aromatic rings. The zero-order valence-electron chi connectivity index (χ0n) is 20.6. The number of anilines is 1. The van der Waals surface area contributed by atoms with Crippen molar-refractivity contribution in [3.63, 3.8) is 0 Å². The lowest BCUT2D eigenvalue weighted by atomic mass is 9.65. The van der Waals surface area contributed by atoms with Gasteiger partial charge in [0, 0.05) is 35.9 Å². The van der Waals surface area contributed by atoms with Crippen molar-refractivity contribution in [3.05, 3.63) is 38.6 Å². The molecule has 0 saturated carbocycles. The molecule has 0 bridgehead atoms. The van der Waals surface area contributed by atoms with Gasteiger partial charge in [0.25, 0.3) is 0 Å². The van der Waals surface area contributed by atoms with E-state index >= 15 is 0 Å². The van der Waals surface area contributed by atoms with Crippen molar-refractivity contribution in [3.8, 4) is 0 Å². The Morgan fingerprint density at radius 1 is 1.23 bits per heavy atom. The number of halogens is 1. The van der Waals surface area contributed by atoms with Gasteiger partial charge in [0.1, 0.15) is 5.84 Å². The second-order valence-corrected chi connectivity index (χ2v) is 10.4. The topological polar surface area (TPSA) is 97.7 Å². The Morgan fingerprint density at radius 3 is 2.60 bits per heavy atom. The Hall–Kier alpha value is -2.47. The largest absolute Gasteiger partial charge is 0.466 e. The molecule has 4 rings (SSSR count). The fraction of sp³-hybridized carbons (Fsp3) is 0.520. The molecule has 1 unspecified atom stereocenters. The summed E-state index contributed by atoms with van der Waals surface area (Å²) in [7, 11) is 4.42. The molecular formula is C25H30IN3O6. The van der Waals surface area contributed by atoms with Crippen LogP contribution < -0.4 is 4.90 Å². The fourth-order valence-electron chi connectivity index (χ4n) is 5.45. The van der Waals surface area contributed by atoms with Crippen molar-refractivity contribution in [1.82, 2.24) is 4.90 Å². The number of methoxy groups -OCH3 is 2. The quantitative estimate of drug-likeness (QED) is 0.272. The first-order valence-corrected chi connectivity index (χ1v) is 12.7. The number of carbonyl (C=O) groups is 3. The van der Waals surface area contributed by atoms with Crippen LogP contribution in [-0.4, -0.2) is 75.1 Å². The van der Waals surface area contributed by atoms with Crippen LogP contribution in [0.3, 0.4) is 0 Å². The molecule has 188 valence electrons.